The Morgan fingerprint density at radius 1 is 1.15 bits per heavy atom. The fourth-order valence-corrected chi connectivity index (χ4v) is 1.95. The van der Waals surface area contributed by atoms with E-state index < -0.39 is 0 Å². The van der Waals surface area contributed by atoms with Crippen molar-refractivity contribution >= 4 is 5.78 Å². The summed E-state index contributed by atoms with van der Waals surface area (Å²) in [6.45, 7) is 5.97. The summed E-state index contributed by atoms with van der Waals surface area (Å²) in [5, 5.41) is 4.07. The van der Waals surface area contributed by atoms with Crippen molar-refractivity contribution < 1.29 is 4.79 Å². The summed E-state index contributed by atoms with van der Waals surface area (Å²) in [6, 6.07) is 10.6. The molecule has 4 nitrogen and oxygen atoms in total. The van der Waals surface area contributed by atoms with Crippen LogP contribution in [0.4, 0.5) is 0 Å². The van der Waals surface area contributed by atoms with Crippen LogP contribution >= 0.6 is 0 Å². The van der Waals surface area contributed by atoms with Gasteiger partial charge >= 0.3 is 0 Å². The van der Waals surface area contributed by atoms with Crippen LogP contribution in [0.15, 0.2) is 41.2 Å². The fourth-order valence-electron chi connectivity index (χ4n) is 1.95. The zero-order chi connectivity index (χ0) is 14.7. The van der Waals surface area contributed by atoms with E-state index in [-0.39, 0.29) is 17.9 Å². The van der Waals surface area contributed by atoms with E-state index in [1.54, 1.807) is 25.1 Å². The molecule has 1 aromatic carbocycles. The minimum Gasteiger partial charge on any atom is -0.292 e. The lowest BCUT2D eigenvalue weighted by molar-refractivity contribution is 0.0965. The number of carbonyl (C=O) groups excluding carboxylic acids is 1. The molecule has 2 rings (SSSR count). The molecular weight excluding hydrogens is 252 g/mol. The molecule has 2 aromatic rings. The van der Waals surface area contributed by atoms with Gasteiger partial charge in [0.05, 0.1) is 5.69 Å². The summed E-state index contributed by atoms with van der Waals surface area (Å²) in [4.78, 5) is 23.8. The van der Waals surface area contributed by atoms with Crippen LogP contribution in [0, 0.1) is 6.92 Å². The van der Waals surface area contributed by atoms with E-state index in [0.717, 1.165) is 0 Å². The molecule has 0 N–H and O–H groups in total. The van der Waals surface area contributed by atoms with Gasteiger partial charge in [0.1, 0.15) is 6.54 Å². The number of nitrogens with zero attached hydrogens (tertiary/aromatic N) is 2. The number of Topliss-reactive ketones (excluding diaryl/α,β-unsaturated/α-hetero) is 1. The highest BCUT2D eigenvalue weighted by Gasteiger charge is 2.09. The van der Waals surface area contributed by atoms with E-state index in [1.807, 2.05) is 12.1 Å². The number of aromatic nitrogens is 2. The summed E-state index contributed by atoms with van der Waals surface area (Å²) in [6.07, 6.45) is 0. The molecule has 0 spiro atoms. The van der Waals surface area contributed by atoms with Crippen LogP contribution in [0.2, 0.25) is 0 Å². The maximum atomic E-state index is 12.2. The molecule has 20 heavy (non-hydrogen) atoms. The van der Waals surface area contributed by atoms with E-state index in [2.05, 4.69) is 18.9 Å². The number of benzene rings is 1. The van der Waals surface area contributed by atoms with Gasteiger partial charge in [-0.15, -0.1) is 0 Å². The van der Waals surface area contributed by atoms with Gasteiger partial charge in [-0.1, -0.05) is 38.1 Å². The molecule has 1 heterocycles. The third-order valence-corrected chi connectivity index (χ3v) is 3.19. The van der Waals surface area contributed by atoms with E-state index in [9.17, 15) is 9.59 Å². The molecule has 0 aliphatic rings. The summed E-state index contributed by atoms with van der Waals surface area (Å²) in [7, 11) is 0. The minimum absolute atomic E-state index is 0.0263. The van der Waals surface area contributed by atoms with Crippen molar-refractivity contribution in [3.63, 3.8) is 0 Å². The number of rotatable bonds is 4. The minimum atomic E-state index is -0.261. The van der Waals surface area contributed by atoms with Gasteiger partial charge in [0.15, 0.2) is 5.78 Å². The van der Waals surface area contributed by atoms with Gasteiger partial charge in [-0.3, -0.25) is 9.59 Å². The van der Waals surface area contributed by atoms with E-state index >= 15 is 0 Å². The third-order valence-electron chi connectivity index (χ3n) is 3.19. The molecule has 0 atom stereocenters. The molecule has 1 aromatic heterocycles. The molecule has 0 aliphatic carbocycles. The van der Waals surface area contributed by atoms with Crippen LogP contribution in [-0.4, -0.2) is 15.6 Å². The molecule has 0 unspecified atom stereocenters. The number of carbonyl (C=O) groups is 1. The first kappa shape index (κ1) is 14.2. The van der Waals surface area contributed by atoms with Crippen LogP contribution in [0.3, 0.4) is 0 Å². The molecule has 0 radical (unpaired) electrons. The molecule has 0 saturated heterocycles. The maximum absolute atomic E-state index is 12.2. The second-order valence-electron chi connectivity index (χ2n) is 5.17. The van der Waals surface area contributed by atoms with Gasteiger partial charge in [0, 0.05) is 11.6 Å². The highest BCUT2D eigenvalue weighted by atomic mass is 16.1. The van der Waals surface area contributed by atoms with Crippen LogP contribution in [0.5, 0.6) is 0 Å². The predicted octanol–water partition coefficient (Wildman–Crippen LogP) is 2.56. The van der Waals surface area contributed by atoms with Crippen molar-refractivity contribution in [2.45, 2.75) is 33.2 Å². The summed E-state index contributed by atoms with van der Waals surface area (Å²) in [5.74, 6) is 0.320. The van der Waals surface area contributed by atoms with Crippen molar-refractivity contribution in [3.8, 4) is 0 Å². The molecule has 0 saturated carbocycles. The largest absolute Gasteiger partial charge is 0.292 e. The number of hydrogen-bond donors (Lipinski definition) is 0. The predicted molar refractivity (Wildman–Crippen MR) is 78.1 cm³/mol. The fraction of sp³-hybridized carbons (Fsp3) is 0.312. The first-order valence-electron chi connectivity index (χ1n) is 6.65. The Hall–Kier alpha value is -2.23. The smallest absolute Gasteiger partial charge is 0.267 e. The number of aryl methyl sites for hydroxylation is 1. The highest BCUT2D eigenvalue weighted by molar-refractivity contribution is 5.95. The highest BCUT2D eigenvalue weighted by Crippen LogP contribution is 2.15. The van der Waals surface area contributed by atoms with E-state index in [0.29, 0.717) is 17.2 Å². The Morgan fingerprint density at radius 2 is 1.80 bits per heavy atom. The Balaban J connectivity index is 2.19. The monoisotopic (exact) mass is 270 g/mol. The van der Waals surface area contributed by atoms with Gasteiger partial charge in [0.25, 0.3) is 5.56 Å². The van der Waals surface area contributed by atoms with Gasteiger partial charge in [-0.05, 0) is 24.5 Å². The zero-order valence-corrected chi connectivity index (χ0v) is 12.0. The van der Waals surface area contributed by atoms with Crippen molar-refractivity contribution in [1.82, 2.24) is 9.78 Å². The molecule has 104 valence electrons. The molecule has 4 heteroatoms. The van der Waals surface area contributed by atoms with Crippen LogP contribution in [0.1, 0.15) is 41.4 Å². The molecule has 0 aliphatic heterocycles. The second kappa shape index (κ2) is 5.82. The Labute approximate surface area is 118 Å². The average Bonchev–Trinajstić information content (AvgIpc) is 2.43. The lowest BCUT2D eigenvalue weighted by Gasteiger charge is -2.07. The van der Waals surface area contributed by atoms with Crippen molar-refractivity contribution in [2.24, 2.45) is 0 Å². The molecular formula is C16H18N2O2. The van der Waals surface area contributed by atoms with Crippen molar-refractivity contribution in [2.75, 3.05) is 0 Å². The Kier molecular flexibility index (Phi) is 4.13. The van der Waals surface area contributed by atoms with Crippen molar-refractivity contribution in [3.05, 3.63) is 63.6 Å². The van der Waals surface area contributed by atoms with Gasteiger partial charge in [-0.25, -0.2) is 4.68 Å². The van der Waals surface area contributed by atoms with Crippen LogP contribution in [-0.2, 0) is 6.54 Å². The first-order chi connectivity index (χ1) is 9.47. The molecule has 0 bridgehead atoms. The van der Waals surface area contributed by atoms with Crippen LogP contribution < -0.4 is 5.56 Å². The van der Waals surface area contributed by atoms with Gasteiger partial charge < -0.3 is 0 Å². The average molecular weight is 270 g/mol. The van der Waals surface area contributed by atoms with Gasteiger partial charge in [0.2, 0.25) is 0 Å². The third kappa shape index (κ3) is 3.20. The molecule has 0 amide bonds. The Morgan fingerprint density at radius 3 is 2.40 bits per heavy atom. The summed E-state index contributed by atoms with van der Waals surface area (Å²) >= 11 is 0. The summed E-state index contributed by atoms with van der Waals surface area (Å²) in [5.41, 5.74) is 2.24. The normalized spacial score (nSPS) is 10.8. The van der Waals surface area contributed by atoms with E-state index in [4.69, 9.17) is 0 Å². The quantitative estimate of drug-likeness (QED) is 0.802. The second-order valence-corrected chi connectivity index (χ2v) is 5.17. The first-order valence-corrected chi connectivity index (χ1v) is 6.65. The standard InChI is InChI=1S/C16H18N2O2/c1-11(2)13-5-7-14(8-6-13)15(19)10-18-16(20)9-4-12(3)17-18/h4-9,11H,10H2,1-3H3. The number of ketones is 1. The lowest BCUT2D eigenvalue weighted by Crippen LogP contribution is -2.26. The number of hydrogen-bond acceptors (Lipinski definition) is 3. The topological polar surface area (TPSA) is 52.0 Å². The zero-order valence-electron chi connectivity index (χ0n) is 12.0. The summed E-state index contributed by atoms with van der Waals surface area (Å²) < 4.78 is 1.20. The van der Waals surface area contributed by atoms with Gasteiger partial charge in [-0.2, -0.15) is 5.10 Å². The van der Waals surface area contributed by atoms with Crippen molar-refractivity contribution in [1.29, 1.82) is 0 Å². The maximum Gasteiger partial charge on any atom is 0.267 e. The van der Waals surface area contributed by atoms with E-state index in [1.165, 1.54) is 16.3 Å². The lowest BCUT2D eigenvalue weighted by atomic mass is 10.0. The SMILES string of the molecule is Cc1ccc(=O)n(CC(=O)c2ccc(C(C)C)cc2)n1. The Bertz CT molecular complexity index is 670. The van der Waals surface area contributed by atoms with Crippen LogP contribution in [0.25, 0.3) is 0 Å². The molecule has 0 fully saturated rings.